The van der Waals surface area contributed by atoms with Gasteiger partial charge in [-0.05, 0) is 19.1 Å². The minimum Gasteiger partial charge on any atom is -0.383 e. The summed E-state index contributed by atoms with van der Waals surface area (Å²) in [5.41, 5.74) is -0.348. The first-order valence-corrected chi connectivity index (χ1v) is 8.61. The van der Waals surface area contributed by atoms with Crippen LogP contribution in [0.5, 0.6) is 0 Å². The smallest absolute Gasteiger partial charge is 0.383 e. The molecule has 0 aliphatic heterocycles. The van der Waals surface area contributed by atoms with E-state index in [4.69, 9.17) is 4.74 Å². The van der Waals surface area contributed by atoms with Gasteiger partial charge in [-0.2, -0.15) is 13.2 Å². The number of hydrogen-bond acceptors (Lipinski definition) is 5. The lowest BCUT2D eigenvalue weighted by Crippen LogP contribution is -2.34. The number of benzene rings is 1. The number of alkyl halides is 3. The van der Waals surface area contributed by atoms with E-state index in [2.05, 4.69) is 15.4 Å². The molecule has 3 rings (SSSR count). The largest absolute Gasteiger partial charge is 0.416 e. The van der Waals surface area contributed by atoms with Crippen LogP contribution in [0.15, 0.2) is 35.1 Å². The Morgan fingerprint density at radius 1 is 1.24 bits per heavy atom. The molecule has 1 N–H and O–H groups in total. The Morgan fingerprint density at radius 2 is 1.93 bits per heavy atom. The molecule has 8 nitrogen and oxygen atoms in total. The summed E-state index contributed by atoms with van der Waals surface area (Å²) in [6.45, 7) is 1.98. The van der Waals surface area contributed by atoms with Gasteiger partial charge in [0, 0.05) is 31.0 Å². The molecule has 0 saturated carbocycles. The number of aromatic nitrogens is 4. The third-order valence-electron chi connectivity index (χ3n) is 4.09. The van der Waals surface area contributed by atoms with Crippen molar-refractivity contribution in [1.29, 1.82) is 0 Å². The summed E-state index contributed by atoms with van der Waals surface area (Å²) < 4.78 is 45.4. The van der Waals surface area contributed by atoms with Crippen LogP contribution < -0.4 is 11.0 Å². The van der Waals surface area contributed by atoms with Crippen molar-refractivity contribution >= 4 is 11.6 Å². The highest BCUT2D eigenvalue weighted by atomic mass is 19.4. The Balaban J connectivity index is 2.00. The van der Waals surface area contributed by atoms with Crippen molar-refractivity contribution < 1.29 is 22.7 Å². The number of fused-ring (bicyclic) bond motifs is 1. The van der Waals surface area contributed by atoms with Crippen LogP contribution in [0.25, 0.3) is 17.0 Å². The van der Waals surface area contributed by atoms with Crippen molar-refractivity contribution in [3.8, 4) is 11.4 Å². The molecule has 11 heteroatoms. The van der Waals surface area contributed by atoms with E-state index in [0.717, 1.165) is 21.2 Å². The van der Waals surface area contributed by atoms with Crippen LogP contribution in [0, 0.1) is 6.92 Å². The van der Waals surface area contributed by atoms with Crippen LogP contribution >= 0.6 is 0 Å². The molecule has 0 atom stereocenters. The summed E-state index contributed by atoms with van der Waals surface area (Å²) in [5.74, 6) is -0.280. The van der Waals surface area contributed by atoms with Crippen LogP contribution in [0.1, 0.15) is 11.3 Å². The fourth-order valence-electron chi connectivity index (χ4n) is 2.74. The number of halogens is 3. The first-order chi connectivity index (χ1) is 13.7. The zero-order chi connectivity index (χ0) is 21.2. The topological polar surface area (TPSA) is 90.5 Å². The normalized spacial score (nSPS) is 11.8. The highest BCUT2D eigenvalue weighted by Crippen LogP contribution is 2.30. The molecule has 3 aromatic rings. The standard InChI is InChI=1S/C18H18F3N5O3/c1-11-9-14-24-25(10-15(27)22-7-8-29-2)17(28)26(14)16(23-11)12-3-5-13(6-4-12)18(19,20)21/h3-6,9H,7-8,10H2,1-2H3,(H,22,27). The number of amides is 1. The first-order valence-electron chi connectivity index (χ1n) is 8.61. The lowest BCUT2D eigenvalue weighted by Gasteiger charge is -2.08. The summed E-state index contributed by atoms with van der Waals surface area (Å²) >= 11 is 0. The average molecular weight is 409 g/mol. The number of nitrogens with one attached hydrogen (secondary N) is 1. The number of carbonyl (C=O) groups excluding carboxylic acids is 1. The lowest BCUT2D eigenvalue weighted by molar-refractivity contribution is -0.137. The van der Waals surface area contributed by atoms with Crippen LogP contribution in [0.4, 0.5) is 13.2 Å². The Bertz CT molecular complexity index is 1090. The van der Waals surface area contributed by atoms with Gasteiger partial charge in [-0.3, -0.25) is 4.79 Å². The van der Waals surface area contributed by atoms with Crippen molar-refractivity contribution in [2.24, 2.45) is 0 Å². The van der Waals surface area contributed by atoms with E-state index < -0.39 is 23.3 Å². The second-order valence-corrected chi connectivity index (χ2v) is 6.27. The molecule has 29 heavy (non-hydrogen) atoms. The Morgan fingerprint density at radius 3 is 2.55 bits per heavy atom. The van der Waals surface area contributed by atoms with Crippen molar-refractivity contribution in [3.63, 3.8) is 0 Å². The van der Waals surface area contributed by atoms with Gasteiger partial charge in [0.15, 0.2) is 5.65 Å². The maximum absolute atomic E-state index is 12.8. The van der Waals surface area contributed by atoms with E-state index in [1.807, 2.05) is 0 Å². The van der Waals surface area contributed by atoms with Crippen molar-refractivity contribution in [2.45, 2.75) is 19.6 Å². The van der Waals surface area contributed by atoms with Crippen LogP contribution in [-0.4, -0.2) is 45.3 Å². The average Bonchev–Trinajstić information content (AvgIpc) is 2.96. The van der Waals surface area contributed by atoms with Gasteiger partial charge in [0.25, 0.3) is 0 Å². The van der Waals surface area contributed by atoms with Crippen molar-refractivity contribution in [1.82, 2.24) is 24.5 Å². The van der Waals surface area contributed by atoms with Gasteiger partial charge in [0.2, 0.25) is 5.91 Å². The van der Waals surface area contributed by atoms with Gasteiger partial charge < -0.3 is 10.1 Å². The summed E-state index contributed by atoms with van der Waals surface area (Å²) in [6.07, 6.45) is -4.47. The van der Waals surface area contributed by atoms with Crippen LogP contribution in [0.2, 0.25) is 0 Å². The minimum absolute atomic E-state index is 0.143. The highest BCUT2D eigenvalue weighted by molar-refractivity contribution is 5.75. The molecular weight excluding hydrogens is 391 g/mol. The highest BCUT2D eigenvalue weighted by Gasteiger charge is 2.30. The fraction of sp³-hybridized carbons (Fsp3) is 0.333. The number of methoxy groups -OCH3 is 1. The number of hydrogen-bond donors (Lipinski definition) is 1. The molecule has 0 bridgehead atoms. The number of aryl methyl sites for hydroxylation is 1. The maximum atomic E-state index is 12.8. The number of ether oxygens (including phenoxy) is 1. The minimum atomic E-state index is -4.47. The lowest BCUT2D eigenvalue weighted by atomic mass is 10.1. The number of rotatable bonds is 6. The SMILES string of the molecule is COCCNC(=O)Cn1nc2cc(C)nc(-c3ccc(C(F)(F)F)cc3)n2c1=O. The number of nitrogens with zero attached hydrogens (tertiary/aromatic N) is 4. The van der Waals surface area contributed by atoms with E-state index in [0.29, 0.717) is 17.9 Å². The quantitative estimate of drug-likeness (QED) is 0.626. The third kappa shape index (κ3) is 4.45. The predicted molar refractivity (Wildman–Crippen MR) is 97.3 cm³/mol. The van der Waals surface area contributed by atoms with Gasteiger partial charge in [-0.25, -0.2) is 18.9 Å². The summed E-state index contributed by atoms with van der Waals surface area (Å²) in [7, 11) is 1.50. The summed E-state index contributed by atoms with van der Waals surface area (Å²) in [6, 6.07) is 5.87. The second kappa shape index (κ2) is 8.03. The predicted octanol–water partition coefficient (Wildman–Crippen LogP) is 1.65. The Hall–Kier alpha value is -3.21. The molecule has 0 saturated heterocycles. The number of carbonyl (C=O) groups is 1. The molecule has 0 radical (unpaired) electrons. The van der Waals surface area contributed by atoms with Gasteiger partial charge in [0.1, 0.15) is 12.4 Å². The molecule has 0 aliphatic rings. The summed E-state index contributed by atoms with van der Waals surface area (Å²) in [4.78, 5) is 29.0. The molecule has 0 aliphatic carbocycles. The maximum Gasteiger partial charge on any atom is 0.416 e. The first kappa shape index (κ1) is 20.5. The zero-order valence-corrected chi connectivity index (χ0v) is 15.7. The third-order valence-corrected chi connectivity index (χ3v) is 4.09. The molecule has 1 amide bonds. The molecule has 0 unspecified atom stereocenters. The Kier molecular flexibility index (Phi) is 5.69. The molecule has 154 valence electrons. The van der Waals surface area contributed by atoms with E-state index >= 15 is 0 Å². The fourth-order valence-corrected chi connectivity index (χ4v) is 2.74. The van der Waals surface area contributed by atoms with Crippen LogP contribution in [0.3, 0.4) is 0 Å². The monoisotopic (exact) mass is 409 g/mol. The van der Waals surface area contributed by atoms with Gasteiger partial charge in [0.05, 0.1) is 12.2 Å². The zero-order valence-electron chi connectivity index (χ0n) is 15.7. The molecule has 0 spiro atoms. The van der Waals surface area contributed by atoms with E-state index in [1.165, 1.54) is 19.2 Å². The molecule has 1 aromatic carbocycles. The molecule has 2 aromatic heterocycles. The van der Waals surface area contributed by atoms with Gasteiger partial charge in [-0.15, -0.1) is 5.10 Å². The van der Waals surface area contributed by atoms with Crippen molar-refractivity contribution in [3.05, 3.63) is 52.1 Å². The van der Waals surface area contributed by atoms with Crippen molar-refractivity contribution in [2.75, 3.05) is 20.3 Å². The van der Waals surface area contributed by atoms with Crippen LogP contribution in [-0.2, 0) is 22.3 Å². The second-order valence-electron chi connectivity index (χ2n) is 6.27. The van der Waals surface area contributed by atoms with E-state index in [-0.39, 0.29) is 24.6 Å². The van der Waals surface area contributed by atoms with Gasteiger partial charge in [-0.1, -0.05) is 12.1 Å². The molecule has 0 fully saturated rings. The Labute approximate surface area is 162 Å². The summed E-state index contributed by atoms with van der Waals surface area (Å²) in [5, 5.41) is 6.73. The van der Waals surface area contributed by atoms with Gasteiger partial charge >= 0.3 is 11.9 Å². The molecular formula is C18H18F3N5O3. The molecule has 2 heterocycles. The van der Waals surface area contributed by atoms with E-state index in [9.17, 15) is 22.8 Å². The van der Waals surface area contributed by atoms with E-state index in [1.54, 1.807) is 13.0 Å².